The molecule has 0 atom stereocenters. The molecule has 0 radical (unpaired) electrons. The Morgan fingerprint density at radius 1 is 0.625 bits per heavy atom. The van der Waals surface area contributed by atoms with Gasteiger partial charge in [0.1, 0.15) is 0 Å². The first kappa shape index (κ1) is 32.8. The van der Waals surface area contributed by atoms with Gasteiger partial charge in [-0.05, 0) is 6.42 Å². The molecule has 0 fully saturated rings. The molecule has 146 valence electrons. The largest absolute Gasteiger partial charge is 1.00 e. The van der Waals surface area contributed by atoms with Crippen LogP contribution in [0.3, 0.4) is 0 Å². The van der Waals surface area contributed by atoms with Gasteiger partial charge in [-0.25, -0.2) is 9.13 Å². The smallest absolute Gasteiger partial charge is 1.00 e. The zero-order valence-electron chi connectivity index (χ0n) is 15.6. The standard InChI is InChI=1S/C12H26O.Na.2H3O4P.H/c1-2-3-4-5-6-7-8-9-10-11-12-13;;2*1-5(2,3)4;/h13H,2-12H2,1H3;;2*(H3,1,2,3,4);/q;+1;;;-1. The van der Waals surface area contributed by atoms with E-state index in [1.807, 2.05) is 0 Å². The van der Waals surface area contributed by atoms with Crippen LogP contribution < -0.4 is 29.6 Å². The Balaban J connectivity index is -0.0000000933. The normalized spacial score (nSPS) is 10.7. The monoisotopic (exact) mass is 406 g/mol. The Morgan fingerprint density at radius 2 is 0.833 bits per heavy atom. The van der Waals surface area contributed by atoms with Crippen molar-refractivity contribution in [2.45, 2.75) is 71.1 Å². The van der Waals surface area contributed by atoms with E-state index in [1.165, 1.54) is 57.8 Å². The maximum absolute atomic E-state index is 8.88. The van der Waals surface area contributed by atoms with Crippen molar-refractivity contribution < 1.29 is 74.6 Å². The van der Waals surface area contributed by atoms with Crippen LogP contribution in [-0.2, 0) is 9.13 Å². The third kappa shape index (κ3) is 91.2. The molecule has 0 aliphatic rings. The van der Waals surface area contributed by atoms with E-state index in [1.54, 1.807) is 0 Å². The Morgan fingerprint density at radius 3 is 1.04 bits per heavy atom. The molecule has 0 saturated carbocycles. The maximum Gasteiger partial charge on any atom is 1.00 e. The van der Waals surface area contributed by atoms with Crippen molar-refractivity contribution in [2.75, 3.05) is 6.61 Å². The van der Waals surface area contributed by atoms with Crippen LogP contribution in [0.25, 0.3) is 0 Å². The van der Waals surface area contributed by atoms with E-state index in [4.69, 9.17) is 43.6 Å². The number of hydrogen-bond donors (Lipinski definition) is 7. The van der Waals surface area contributed by atoms with Crippen molar-refractivity contribution in [2.24, 2.45) is 0 Å². The zero-order valence-corrected chi connectivity index (χ0v) is 18.4. The summed E-state index contributed by atoms with van der Waals surface area (Å²) in [4.78, 5) is 43.1. The Bertz CT molecular complexity index is 279. The summed E-state index contributed by atoms with van der Waals surface area (Å²) in [7, 11) is -9.28. The van der Waals surface area contributed by atoms with Crippen molar-refractivity contribution in [3.8, 4) is 0 Å². The van der Waals surface area contributed by atoms with Crippen LogP contribution in [0.4, 0.5) is 0 Å². The van der Waals surface area contributed by atoms with E-state index < -0.39 is 15.6 Å². The summed E-state index contributed by atoms with van der Waals surface area (Å²) >= 11 is 0. The molecule has 24 heavy (non-hydrogen) atoms. The van der Waals surface area contributed by atoms with Crippen LogP contribution in [0.15, 0.2) is 0 Å². The summed E-state index contributed by atoms with van der Waals surface area (Å²) in [5.41, 5.74) is 0. The van der Waals surface area contributed by atoms with E-state index in [9.17, 15) is 0 Å². The molecular formula is C12H33NaO9P2. The van der Waals surface area contributed by atoms with Crippen molar-refractivity contribution in [1.29, 1.82) is 0 Å². The van der Waals surface area contributed by atoms with Crippen LogP contribution >= 0.6 is 15.6 Å². The fraction of sp³-hybridized carbons (Fsp3) is 1.00. The van der Waals surface area contributed by atoms with Gasteiger partial charge >= 0.3 is 45.2 Å². The summed E-state index contributed by atoms with van der Waals surface area (Å²) in [5, 5.41) is 8.57. The number of unbranched alkanes of at least 4 members (excludes halogenated alkanes) is 9. The number of hydrogen-bond acceptors (Lipinski definition) is 3. The second-order valence-corrected chi connectivity index (χ2v) is 6.99. The summed E-state index contributed by atoms with van der Waals surface area (Å²) in [6.45, 7) is 2.63. The molecule has 0 rings (SSSR count). The average molecular weight is 406 g/mol. The second-order valence-electron chi connectivity index (χ2n) is 4.93. The van der Waals surface area contributed by atoms with E-state index >= 15 is 0 Å². The van der Waals surface area contributed by atoms with Gasteiger partial charge in [0.15, 0.2) is 0 Å². The predicted molar refractivity (Wildman–Crippen MR) is 88.6 cm³/mol. The third-order valence-electron chi connectivity index (χ3n) is 2.51. The number of phosphoric acid groups is 2. The molecule has 9 nitrogen and oxygen atoms in total. The van der Waals surface area contributed by atoms with E-state index in [-0.39, 0.29) is 31.0 Å². The van der Waals surface area contributed by atoms with Gasteiger partial charge in [-0.1, -0.05) is 64.7 Å². The van der Waals surface area contributed by atoms with Gasteiger partial charge in [-0.3, -0.25) is 0 Å². The quantitative estimate of drug-likeness (QED) is 0.138. The van der Waals surface area contributed by atoms with Gasteiger partial charge in [0.2, 0.25) is 0 Å². The van der Waals surface area contributed by atoms with Crippen molar-refractivity contribution >= 4 is 15.6 Å². The first-order chi connectivity index (χ1) is 10.4. The average Bonchev–Trinajstić information content (AvgIpc) is 2.33. The SMILES string of the molecule is CCCCCCCCCCCCO.O=P(O)(O)O.O=P(O)(O)O.[H-].[Na+]. The van der Waals surface area contributed by atoms with Crippen molar-refractivity contribution in [3.05, 3.63) is 0 Å². The van der Waals surface area contributed by atoms with E-state index in [0.717, 1.165) is 6.42 Å². The van der Waals surface area contributed by atoms with Crippen molar-refractivity contribution in [3.63, 3.8) is 0 Å². The van der Waals surface area contributed by atoms with Gasteiger partial charge in [-0.15, -0.1) is 0 Å². The molecule has 7 N–H and O–H groups in total. The molecule has 0 amide bonds. The summed E-state index contributed by atoms with van der Waals surface area (Å²) in [5.74, 6) is 0. The molecule has 0 aromatic rings. The number of rotatable bonds is 10. The fourth-order valence-electron chi connectivity index (χ4n) is 1.60. The molecule has 0 unspecified atom stereocenters. The Kier molecular flexibility index (Phi) is 30.4. The second kappa shape index (κ2) is 22.2. The molecule has 0 spiro atoms. The van der Waals surface area contributed by atoms with Gasteiger partial charge in [0, 0.05) is 6.61 Å². The molecule has 0 aromatic heterocycles. The number of aliphatic hydroxyl groups is 1. The minimum absolute atomic E-state index is 0. The van der Waals surface area contributed by atoms with Crippen LogP contribution in [0.5, 0.6) is 0 Å². The molecule has 0 aliphatic carbocycles. The first-order valence-electron chi connectivity index (χ1n) is 7.59. The van der Waals surface area contributed by atoms with Gasteiger partial charge in [0.05, 0.1) is 0 Å². The first-order valence-corrected chi connectivity index (χ1v) is 10.7. The Hall–Kier alpha value is 1.18. The summed E-state index contributed by atoms with van der Waals surface area (Å²) < 4.78 is 17.8. The number of aliphatic hydroxyl groups excluding tert-OH is 1. The maximum atomic E-state index is 8.88. The topological polar surface area (TPSA) is 176 Å². The minimum Gasteiger partial charge on any atom is -1.00 e. The molecule has 0 aliphatic heterocycles. The third-order valence-corrected chi connectivity index (χ3v) is 2.51. The molecule has 0 heterocycles. The minimum atomic E-state index is -4.64. The van der Waals surface area contributed by atoms with Crippen molar-refractivity contribution in [1.82, 2.24) is 0 Å². The van der Waals surface area contributed by atoms with Gasteiger partial charge in [-0.2, -0.15) is 0 Å². The molecule has 12 heteroatoms. The molecule has 0 bridgehead atoms. The zero-order chi connectivity index (χ0) is 18.8. The summed E-state index contributed by atoms with van der Waals surface area (Å²) in [6.07, 6.45) is 13.3. The molecule has 0 saturated heterocycles. The van der Waals surface area contributed by atoms with E-state index in [0.29, 0.717) is 6.61 Å². The van der Waals surface area contributed by atoms with Crippen LogP contribution in [-0.4, -0.2) is 41.1 Å². The van der Waals surface area contributed by atoms with Gasteiger partial charge in [0.25, 0.3) is 0 Å². The fourth-order valence-corrected chi connectivity index (χ4v) is 1.60. The molecule has 0 aromatic carbocycles. The molecular weight excluding hydrogens is 373 g/mol. The van der Waals surface area contributed by atoms with E-state index in [2.05, 4.69) is 6.92 Å². The van der Waals surface area contributed by atoms with Crippen LogP contribution in [0.1, 0.15) is 72.6 Å². The predicted octanol–water partition coefficient (Wildman–Crippen LogP) is -0.841. The van der Waals surface area contributed by atoms with Gasteiger partial charge < -0.3 is 35.9 Å². The van der Waals surface area contributed by atoms with Crippen LogP contribution in [0.2, 0.25) is 0 Å². The summed E-state index contributed by atoms with van der Waals surface area (Å²) in [6, 6.07) is 0. The van der Waals surface area contributed by atoms with Crippen LogP contribution in [0, 0.1) is 0 Å². The Labute approximate surface area is 167 Å².